The van der Waals surface area contributed by atoms with Gasteiger partial charge in [0.2, 0.25) is 5.88 Å². The van der Waals surface area contributed by atoms with Crippen LogP contribution in [-0.4, -0.2) is 23.7 Å². The average Bonchev–Trinajstić information content (AvgIpc) is 2.81. The largest absolute Gasteiger partial charge is 0.516 e. The van der Waals surface area contributed by atoms with Gasteiger partial charge < -0.3 is 4.74 Å². The molecule has 2 aromatic rings. The fraction of sp³-hybridized carbons (Fsp3) is 0.250. The lowest BCUT2D eigenvalue weighted by atomic mass is 10.3. The lowest BCUT2D eigenvalue weighted by molar-refractivity contribution is -0.141. The highest BCUT2D eigenvalue weighted by atomic mass is 32.2. The molecule has 0 aliphatic carbocycles. The number of ether oxygens (including phenoxy) is 1. The summed E-state index contributed by atoms with van der Waals surface area (Å²) in [5.74, 6) is -0.303. The van der Waals surface area contributed by atoms with Crippen LogP contribution in [0.15, 0.2) is 30.3 Å². The Kier molecular flexibility index (Phi) is 4.63. The Bertz CT molecular complexity index is 856. The maximum absolute atomic E-state index is 12.5. The van der Waals surface area contributed by atoms with Gasteiger partial charge in [0.05, 0.1) is 0 Å². The van der Waals surface area contributed by atoms with E-state index < -0.39 is 33.1 Å². The van der Waals surface area contributed by atoms with Crippen LogP contribution in [0.1, 0.15) is 5.69 Å². The quantitative estimate of drug-likeness (QED) is 0.813. The fourth-order valence-corrected chi connectivity index (χ4v) is 2.17. The monoisotopic (exact) mass is 389 g/mol. The molecule has 138 valence electrons. The first-order valence-corrected chi connectivity index (χ1v) is 7.76. The number of nitrogens with one attached hydrogen (secondary N) is 1. The molecule has 2 rings (SSSR count). The third-order valence-electron chi connectivity index (χ3n) is 2.76. The summed E-state index contributed by atoms with van der Waals surface area (Å²) in [6.07, 6.45) is -4.67. The van der Waals surface area contributed by atoms with Crippen LogP contribution in [0.3, 0.4) is 0 Å². The van der Waals surface area contributed by atoms with Crippen LogP contribution < -0.4 is 9.46 Å². The molecule has 0 fully saturated rings. The second kappa shape index (κ2) is 6.13. The van der Waals surface area contributed by atoms with E-state index >= 15 is 0 Å². The molecule has 0 saturated carbocycles. The van der Waals surface area contributed by atoms with Gasteiger partial charge in [-0.05, 0) is 24.3 Å². The maximum Gasteiger partial charge on any atom is 0.516 e. The molecule has 0 saturated heterocycles. The van der Waals surface area contributed by atoms with E-state index in [9.17, 15) is 34.8 Å². The van der Waals surface area contributed by atoms with Gasteiger partial charge in [0, 0.05) is 18.8 Å². The van der Waals surface area contributed by atoms with Gasteiger partial charge in [-0.3, -0.25) is 4.72 Å². The number of aryl methyl sites for hydroxylation is 1. The summed E-state index contributed by atoms with van der Waals surface area (Å²) >= 11 is 0. The van der Waals surface area contributed by atoms with Gasteiger partial charge in [0.25, 0.3) is 0 Å². The van der Waals surface area contributed by atoms with E-state index in [0.29, 0.717) is 6.07 Å². The highest BCUT2D eigenvalue weighted by Crippen LogP contribution is 2.32. The maximum atomic E-state index is 12.5. The highest BCUT2D eigenvalue weighted by Gasteiger charge is 2.46. The van der Waals surface area contributed by atoms with E-state index in [0.717, 1.165) is 28.9 Å². The molecule has 0 atom stereocenters. The Morgan fingerprint density at radius 1 is 1.08 bits per heavy atom. The lowest BCUT2D eigenvalue weighted by Crippen LogP contribution is -2.29. The number of benzene rings is 1. The minimum Gasteiger partial charge on any atom is -0.439 e. The van der Waals surface area contributed by atoms with Crippen LogP contribution >= 0.6 is 0 Å². The first kappa shape index (κ1) is 18.9. The number of nitrogens with zero attached hydrogens (tertiary/aromatic N) is 2. The predicted octanol–water partition coefficient (Wildman–Crippen LogP) is 3.49. The highest BCUT2D eigenvalue weighted by molar-refractivity contribution is 7.93. The molecule has 1 aromatic carbocycles. The molecule has 0 bridgehead atoms. The lowest BCUT2D eigenvalue weighted by Gasteiger charge is -2.11. The van der Waals surface area contributed by atoms with Crippen molar-refractivity contribution in [3.63, 3.8) is 0 Å². The van der Waals surface area contributed by atoms with Crippen molar-refractivity contribution in [3.05, 3.63) is 36.0 Å². The number of hydrogen-bond donors (Lipinski definition) is 1. The molecule has 1 heterocycles. The fourth-order valence-electron chi connectivity index (χ4n) is 1.61. The number of alkyl halides is 6. The minimum atomic E-state index is -5.57. The van der Waals surface area contributed by atoms with E-state index in [2.05, 4.69) is 5.10 Å². The van der Waals surface area contributed by atoms with E-state index in [1.54, 1.807) is 0 Å². The number of anilines is 1. The Labute approximate surface area is 137 Å². The summed E-state index contributed by atoms with van der Waals surface area (Å²) in [6.45, 7) is 0. The third kappa shape index (κ3) is 4.35. The Morgan fingerprint density at radius 2 is 1.64 bits per heavy atom. The minimum absolute atomic E-state index is 0.0355. The predicted molar refractivity (Wildman–Crippen MR) is 73.3 cm³/mol. The second-order valence-corrected chi connectivity index (χ2v) is 6.34. The summed E-state index contributed by atoms with van der Waals surface area (Å²) in [4.78, 5) is 0. The molecular weight excluding hydrogens is 380 g/mol. The van der Waals surface area contributed by atoms with Gasteiger partial charge >= 0.3 is 21.7 Å². The van der Waals surface area contributed by atoms with Gasteiger partial charge in [-0.15, -0.1) is 0 Å². The summed E-state index contributed by atoms with van der Waals surface area (Å²) in [7, 11) is -4.37. The third-order valence-corrected chi connectivity index (χ3v) is 3.87. The zero-order valence-electron chi connectivity index (χ0n) is 12.2. The molecule has 6 nitrogen and oxygen atoms in total. The topological polar surface area (TPSA) is 73.2 Å². The van der Waals surface area contributed by atoms with Crippen molar-refractivity contribution in [2.24, 2.45) is 7.05 Å². The molecule has 0 spiro atoms. The zero-order valence-corrected chi connectivity index (χ0v) is 13.0. The van der Waals surface area contributed by atoms with Crippen molar-refractivity contribution in [2.45, 2.75) is 11.7 Å². The van der Waals surface area contributed by atoms with Crippen molar-refractivity contribution >= 4 is 15.7 Å². The summed E-state index contributed by atoms with van der Waals surface area (Å²) in [5, 5.41) is 3.22. The molecule has 0 unspecified atom stereocenters. The molecule has 0 radical (unpaired) electrons. The number of sulfonamides is 1. The van der Waals surface area contributed by atoms with Crippen molar-refractivity contribution in [1.29, 1.82) is 0 Å². The Morgan fingerprint density at radius 3 is 2.08 bits per heavy atom. The van der Waals surface area contributed by atoms with Gasteiger partial charge in [0.1, 0.15) is 5.75 Å². The molecule has 13 heteroatoms. The van der Waals surface area contributed by atoms with E-state index in [4.69, 9.17) is 4.74 Å². The molecule has 25 heavy (non-hydrogen) atoms. The van der Waals surface area contributed by atoms with Gasteiger partial charge in [-0.2, -0.15) is 39.9 Å². The number of hydrogen-bond acceptors (Lipinski definition) is 4. The first-order chi connectivity index (χ1) is 11.3. The average molecular weight is 389 g/mol. The van der Waals surface area contributed by atoms with Crippen molar-refractivity contribution < 1.29 is 39.5 Å². The van der Waals surface area contributed by atoms with Gasteiger partial charge in [-0.1, -0.05) is 0 Å². The first-order valence-electron chi connectivity index (χ1n) is 6.28. The smallest absolute Gasteiger partial charge is 0.439 e. The van der Waals surface area contributed by atoms with E-state index in [-0.39, 0.29) is 11.6 Å². The molecular formula is C12H9F6N3O3S. The Balaban J connectivity index is 2.15. The standard InChI is InChI=1S/C12H9F6N3O3S/c1-21-10(6-9(19-21)11(13,14)15)24-8-4-2-7(3-5-8)20-25(22,23)12(16,17)18/h2-6,20H,1H3. The molecule has 0 amide bonds. The zero-order chi connectivity index (χ0) is 19.0. The summed E-state index contributed by atoms with van der Waals surface area (Å²) in [6, 6.07) is 4.71. The molecule has 1 N–H and O–H groups in total. The molecule has 0 aliphatic rings. The van der Waals surface area contributed by atoms with Crippen molar-refractivity contribution in [1.82, 2.24) is 9.78 Å². The van der Waals surface area contributed by atoms with Crippen LogP contribution in [-0.2, 0) is 23.2 Å². The number of rotatable bonds is 4. The molecule has 0 aliphatic heterocycles. The molecule has 1 aromatic heterocycles. The number of halogens is 6. The summed E-state index contributed by atoms with van der Waals surface area (Å²) in [5.41, 5.74) is -7.06. The van der Waals surface area contributed by atoms with Crippen molar-refractivity contribution in [2.75, 3.05) is 4.72 Å². The summed E-state index contributed by atoms with van der Waals surface area (Å²) < 4.78 is 104. The second-order valence-electron chi connectivity index (χ2n) is 4.67. The van der Waals surface area contributed by atoms with Crippen LogP contribution in [0.25, 0.3) is 0 Å². The van der Waals surface area contributed by atoms with Crippen LogP contribution in [0, 0.1) is 0 Å². The number of aromatic nitrogens is 2. The van der Waals surface area contributed by atoms with Gasteiger partial charge in [-0.25, -0.2) is 4.68 Å². The van der Waals surface area contributed by atoms with Crippen LogP contribution in [0.5, 0.6) is 11.6 Å². The van der Waals surface area contributed by atoms with E-state index in [1.165, 1.54) is 11.8 Å². The van der Waals surface area contributed by atoms with Crippen LogP contribution in [0.2, 0.25) is 0 Å². The normalized spacial score (nSPS) is 12.9. The van der Waals surface area contributed by atoms with E-state index in [1.807, 2.05) is 0 Å². The van der Waals surface area contributed by atoms with Crippen LogP contribution in [0.4, 0.5) is 32.0 Å². The van der Waals surface area contributed by atoms with Crippen molar-refractivity contribution in [3.8, 4) is 11.6 Å². The Hall–Kier alpha value is -2.44. The SMILES string of the molecule is Cn1nc(C(F)(F)F)cc1Oc1ccc(NS(=O)(=O)C(F)(F)F)cc1. The van der Waals surface area contributed by atoms with Gasteiger partial charge in [0.15, 0.2) is 5.69 Å².